The molecule has 1 aliphatic rings. The van der Waals surface area contributed by atoms with Crippen molar-refractivity contribution in [2.24, 2.45) is 5.73 Å². The van der Waals surface area contributed by atoms with E-state index in [2.05, 4.69) is 14.9 Å². The second-order valence-corrected chi connectivity index (χ2v) is 3.64. The van der Waals surface area contributed by atoms with Gasteiger partial charge in [0.1, 0.15) is 0 Å². The number of nitrogens with zero attached hydrogens (tertiary/aromatic N) is 2. The van der Waals surface area contributed by atoms with Gasteiger partial charge in [-0.2, -0.15) is 4.98 Å². The van der Waals surface area contributed by atoms with Crippen LogP contribution in [-0.2, 0) is 19.5 Å². The third kappa shape index (κ3) is 1.56. The van der Waals surface area contributed by atoms with Gasteiger partial charge in [0.2, 0.25) is 0 Å². The lowest BCUT2D eigenvalue weighted by atomic mass is 10.0. The molecule has 0 atom stereocenters. The molecule has 5 heteroatoms. The third-order valence-corrected chi connectivity index (χ3v) is 2.57. The van der Waals surface area contributed by atoms with Crippen LogP contribution in [0.15, 0.2) is 4.79 Å². The zero-order valence-electron chi connectivity index (χ0n) is 8.21. The zero-order chi connectivity index (χ0) is 10.1. The van der Waals surface area contributed by atoms with E-state index in [0.29, 0.717) is 6.54 Å². The summed E-state index contributed by atoms with van der Waals surface area (Å²) in [7, 11) is 2.03. The quantitative estimate of drug-likeness (QED) is 0.614. The van der Waals surface area contributed by atoms with Crippen molar-refractivity contribution < 1.29 is 0 Å². The molecule has 1 aromatic heterocycles. The molecule has 14 heavy (non-hydrogen) atoms. The number of hydrogen-bond acceptors (Lipinski definition) is 4. The maximum atomic E-state index is 11.2. The van der Waals surface area contributed by atoms with E-state index in [9.17, 15) is 4.79 Å². The molecular weight excluding hydrogens is 180 g/mol. The highest BCUT2D eigenvalue weighted by atomic mass is 16.1. The van der Waals surface area contributed by atoms with E-state index in [1.165, 1.54) is 0 Å². The number of fused-ring (bicyclic) bond motifs is 1. The van der Waals surface area contributed by atoms with Crippen molar-refractivity contribution in [3.05, 3.63) is 27.4 Å². The van der Waals surface area contributed by atoms with E-state index in [1.807, 2.05) is 7.05 Å². The van der Waals surface area contributed by atoms with Crippen LogP contribution < -0.4 is 11.4 Å². The molecule has 2 rings (SSSR count). The summed E-state index contributed by atoms with van der Waals surface area (Å²) in [6, 6.07) is 0. The summed E-state index contributed by atoms with van der Waals surface area (Å²) < 4.78 is 0. The molecule has 0 amide bonds. The van der Waals surface area contributed by atoms with Crippen LogP contribution in [0, 0.1) is 0 Å². The van der Waals surface area contributed by atoms with Crippen LogP contribution in [0.3, 0.4) is 0 Å². The Labute approximate surface area is 82.0 Å². The molecule has 76 valence electrons. The third-order valence-electron chi connectivity index (χ3n) is 2.57. The minimum atomic E-state index is -0.292. The Balaban J connectivity index is 2.51. The summed E-state index contributed by atoms with van der Waals surface area (Å²) in [5.41, 5.74) is 8.10. The molecule has 0 fully saturated rings. The second-order valence-electron chi connectivity index (χ2n) is 3.64. The van der Waals surface area contributed by atoms with Crippen molar-refractivity contribution in [2.45, 2.75) is 19.5 Å². The van der Waals surface area contributed by atoms with Gasteiger partial charge in [-0.3, -0.25) is 0 Å². The van der Waals surface area contributed by atoms with Crippen LogP contribution in [0.4, 0.5) is 0 Å². The Kier molecular flexibility index (Phi) is 2.35. The highest BCUT2D eigenvalue weighted by Gasteiger charge is 2.17. The van der Waals surface area contributed by atoms with Crippen LogP contribution in [0.25, 0.3) is 0 Å². The van der Waals surface area contributed by atoms with E-state index in [0.717, 1.165) is 36.5 Å². The largest absolute Gasteiger partial charge is 0.345 e. The molecule has 0 spiro atoms. The lowest BCUT2D eigenvalue weighted by Gasteiger charge is -2.25. The number of nitrogens with one attached hydrogen (secondary N) is 1. The molecular formula is C9H14N4O. The molecule has 0 bridgehead atoms. The lowest BCUT2D eigenvalue weighted by Crippen LogP contribution is -2.32. The molecule has 1 aliphatic heterocycles. The molecule has 0 saturated carbocycles. The molecule has 0 unspecified atom stereocenters. The Bertz CT molecular complexity index is 398. The Hall–Kier alpha value is -1.20. The van der Waals surface area contributed by atoms with Gasteiger partial charge in [-0.15, -0.1) is 0 Å². The predicted octanol–water partition coefficient (Wildman–Crippen LogP) is -0.783. The normalized spacial score (nSPS) is 16.7. The highest BCUT2D eigenvalue weighted by Crippen LogP contribution is 2.16. The highest BCUT2D eigenvalue weighted by molar-refractivity contribution is 5.26. The maximum Gasteiger partial charge on any atom is 0.345 e. The first-order chi connectivity index (χ1) is 6.70. The lowest BCUT2D eigenvalue weighted by molar-refractivity contribution is 0.305. The average molecular weight is 194 g/mol. The van der Waals surface area contributed by atoms with E-state index in [-0.39, 0.29) is 5.69 Å². The van der Waals surface area contributed by atoms with Crippen molar-refractivity contribution >= 4 is 0 Å². The fourth-order valence-corrected chi connectivity index (χ4v) is 1.85. The van der Waals surface area contributed by atoms with Crippen LogP contribution in [-0.4, -0.2) is 28.5 Å². The summed E-state index contributed by atoms with van der Waals surface area (Å²) >= 11 is 0. The molecule has 2 heterocycles. The number of rotatable bonds is 1. The van der Waals surface area contributed by atoms with Crippen LogP contribution in [0.1, 0.15) is 17.0 Å². The standard InChI is InChI=1S/C9H14N4O/c1-13-3-2-6-7(4-10)11-9(14)12-8(6)5-13/h2-5,10H2,1H3,(H,11,12,14). The van der Waals surface area contributed by atoms with E-state index in [4.69, 9.17) is 5.73 Å². The van der Waals surface area contributed by atoms with Gasteiger partial charge in [-0.05, 0) is 19.0 Å². The van der Waals surface area contributed by atoms with Gasteiger partial charge in [0.05, 0.1) is 5.69 Å². The minimum absolute atomic E-state index is 0.292. The van der Waals surface area contributed by atoms with Crippen LogP contribution in [0.2, 0.25) is 0 Å². The van der Waals surface area contributed by atoms with Crippen molar-refractivity contribution in [3.8, 4) is 0 Å². The number of likely N-dealkylation sites (N-methyl/N-ethyl adjacent to an activating group) is 1. The first-order valence-corrected chi connectivity index (χ1v) is 4.70. The monoisotopic (exact) mass is 194 g/mol. The van der Waals surface area contributed by atoms with Crippen molar-refractivity contribution in [2.75, 3.05) is 13.6 Å². The summed E-state index contributed by atoms with van der Waals surface area (Å²) in [6.45, 7) is 2.11. The molecule has 0 radical (unpaired) electrons. The number of hydrogen-bond donors (Lipinski definition) is 2. The topological polar surface area (TPSA) is 75.0 Å². The number of H-pyrrole nitrogens is 1. The molecule has 0 saturated heterocycles. The van der Waals surface area contributed by atoms with E-state index >= 15 is 0 Å². The van der Waals surface area contributed by atoms with Gasteiger partial charge in [-0.1, -0.05) is 0 Å². The number of nitrogens with two attached hydrogens (primary N) is 1. The second kappa shape index (κ2) is 3.51. The smallest absolute Gasteiger partial charge is 0.325 e. The van der Waals surface area contributed by atoms with Gasteiger partial charge < -0.3 is 15.6 Å². The van der Waals surface area contributed by atoms with Gasteiger partial charge in [0.15, 0.2) is 0 Å². The fraction of sp³-hybridized carbons (Fsp3) is 0.556. The first kappa shape index (κ1) is 9.36. The number of aromatic amines is 1. The van der Waals surface area contributed by atoms with Gasteiger partial charge >= 0.3 is 5.69 Å². The predicted molar refractivity (Wildman–Crippen MR) is 52.8 cm³/mol. The van der Waals surface area contributed by atoms with Gasteiger partial charge in [0.25, 0.3) is 0 Å². The summed E-state index contributed by atoms with van der Waals surface area (Å²) in [5.74, 6) is 0. The summed E-state index contributed by atoms with van der Waals surface area (Å²) in [5, 5.41) is 0. The fourth-order valence-electron chi connectivity index (χ4n) is 1.85. The molecule has 1 aromatic rings. The maximum absolute atomic E-state index is 11.2. The Morgan fingerprint density at radius 2 is 2.43 bits per heavy atom. The first-order valence-electron chi connectivity index (χ1n) is 4.70. The Morgan fingerprint density at radius 3 is 3.14 bits per heavy atom. The van der Waals surface area contributed by atoms with E-state index in [1.54, 1.807) is 0 Å². The number of aromatic nitrogens is 2. The average Bonchev–Trinajstić information content (AvgIpc) is 2.15. The van der Waals surface area contributed by atoms with Crippen LogP contribution in [0.5, 0.6) is 0 Å². The minimum Gasteiger partial charge on any atom is -0.325 e. The molecule has 0 aromatic carbocycles. The molecule has 3 N–H and O–H groups in total. The van der Waals surface area contributed by atoms with Crippen molar-refractivity contribution in [1.82, 2.24) is 14.9 Å². The van der Waals surface area contributed by atoms with E-state index < -0.39 is 0 Å². The SMILES string of the molecule is CN1CCc2c(CN)nc(=O)[nH]c2C1. The summed E-state index contributed by atoms with van der Waals surface area (Å²) in [4.78, 5) is 20.0. The molecule has 5 nitrogen and oxygen atoms in total. The summed E-state index contributed by atoms with van der Waals surface area (Å²) in [6.07, 6.45) is 0.919. The van der Waals surface area contributed by atoms with Gasteiger partial charge in [0, 0.05) is 25.3 Å². The van der Waals surface area contributed by atoms with Crippen molar-refractivity contribution in [3.63, 3.8) is 0 Å². The zero-order valence-corrected chi connectivity index (χ0v) is 8.21. The Morgan fingerprint density at radius 1 is 1.64 bits per heavy atom. The molecule has 0 aliphatic carbocycles. The van der Waals surface area contributed by atoms with Gasteiger partial charge in [-0.25, -0.2) is 4.79 Å². The van der Waals surface area contributed by atoms with Crippen LogP contribution >= 0.6 is 0 Å². The van der Waals surface area contributed by atoms with Crippen molar-refractivity contribution in [1.29, 1.82) is 0 Å².